The van der Waals surface area contributed by atoms with Gasteiger partial charge in [-0.1, -0.05) is 65.4 Å². The molecule has 2 atom stereocenters. The van der Waals surface area contributed by atoms with Crippen LogP contribution < -0.4 is 0 Å². The van der Waals surface area contributed by atoms with Crippen LogP contribution in [0.15, 0.2) is 18.2 Å². The second kappa shape index (κ2) is 11.6. The Bertz CT molecular complexity index is 695. The van der Waals surface area contributed by atoms with Crippen molar-refractivity contribution in [2.24, 2.45) is 29.6 Å². The van der Waals surface area contributed by atoms with Gasteiger partial charge in [-0.25, -0.2) is 4.39 Å². The number of carbonyl (C=O) groups is 1. The summed E-state index contributed by atoms with van der Waals surface area (Å²) in [7, 11) is 0. The Kier molecular flexibility index (Phi) is 9.17. The average molecular weight is 429 g/mol. The van der Waals surface area contributed by atoms with Gasteiger partial charge in [-0.2, -0.15) is 0 Å². The van der Waals surface area contributed by atoms with Gasteiger partial charge in [0.15, 0.2) is 5.78 Å². The summed E-state index contributed by atoms with van der Waals surface area (Å²) in [4.78, 5) is 11.5. The molecule has 2 fully saturated rings. The molecule has 0 amide bonds. The maximum absolute atomic E-state index is 14.3. The van der Waals surface area contributed by atoms with Gasteiger partial charge in [0.2, 0.25) is 0 Å². The van der Waals surface area contributed by atoms with Crippen molar-refractivity contribution in [2.75, 3.05) is 0 Å². The Labute approximate surface area is 190 Å². The molecule has 2 heteroatoms. The summed E-state index contributed by atoms with van der Waals surface area (Å²) in [6.45, 7) is 8.52. The lowest BCUT2D eigenvalue weighted by atomic mass is 9.65. The van der Waals surface area contributed by atoms with E-state index in [1.165, 1.54) is 84.0 Å². The topological polar surface area (TPSA) is 17.1 Å². The van der Waals surface area contributed by atoms with Crippen molar-refractivity contribution < 1.29 is 9.18 Å². The molecule has 1 nitrogen and oxygen atoms in total. The number of ketones is 1. The summed E-state index contributed by atoms with van der Waals surface area (Å²) in [5.41, 5.74) is 1.27. The number of halogens is 1. The fourth-order valence-electron chi connectivity index (χ4n) is 6.61. The molecular weight excluding hydrogens is 383 g/mol. The molecule has 1 aromatic rings. The van der Waals surface area contributed by atoms with Crippen LogP contribution in [0.4, 0.5) is 4.39 Å². The largest absolute Gasteiger partial charge is 0.294 e. The van der Waals surface area contributed by atoms with Gasteiger partial charge in [0.25, 0.3) is 0 Å². The maximum Gasteiger partial charge on any atom is 0.162 e. The summed E-state index contributed by atoms with van der Waals surface area (Å²) < 4.78 is 14.3. The molecule has 2 unspecified atom stereocenters. The standard InChI is InChI=1S/C29H45FO/c1-5-6-7-8-23-9-11-24(12-10-23)20(2)25-13-15-26(16-14-25)21(3)27-17-18-28(22(4)31)29(30)19-27/h17-21,23-26H,5-16H2,1-4H3. The number of carbonyl (C=O) groups excluding carboxylic acids is 1. The van der Waals surface area contributed by atoms with Gasteiger partial charge in [-0.15, -0.1) is 0 Å². The third-order valence-electron chi connectivity index (χ3n) is 9.02. The van der Waals surface area contributed by atoms with Crippen LogP contribution in [0.5, 0.6) is 0 Å². The normalized spacial score (nSPS) is 28.8. The summed E-state index contributed by atoms with van der Waals surface area (Å²) in [6, 6.07) is 5.25. The highest BCUT2D eigenvalue weighted by Crippen LogP contribution is 2.45. The smallest absolute Gasteiger partial charge is 0.162 e. The van der Waals surface area contributed by atoms with Gasteiger partial charge >= 0.3 is 0 Å². The Morgan fingerprint density at radius 2 is 1.52 bits per heavy atom. The van der Waals surface area contributed by atoms with E-state index in [-0.39, 0.29) is 17.2 Å². The third-order valence-corrected chi connectivity index (χ3v) is 9.02. The van der Waals surface area contributed by atoms with E-state index < -0.39 is 0 Å². The van der Waals surface area contributed by atoms with Crippen molar-refractivity contribution in [3.05, 3.63) is 35.1 Å². The second-order valence-electron chi connectivity index (χ2n) is 10.9. The molecule has 174 valence electrons. The Hall–Kier alpha value is -1.18. The summed E-state index contributed by atoms with van der Waals surface area (Å²) in [5, 5.41) is 0. The van der Waals surface area contributed by atoms with Crippen LogP contribution in [0, 0.1) is 35.4 Å². The van der Waals surface area contributed by atoms with E-state index in [1.807, 2.05) is 6.07 Å². The lowest BCUT2D eigenvalue weighted by molar-refractivity contribution is 0.101. The van der Waals surface area contributed by atoms with Crippen LogP contribution >= 0.6 is 0 Å². The molecule has 1 aromatic carbocycles. The van der Waals surface area contributed by atoms with Gasteiger partial charge in [-0.3, -0.25) is 4.79 Å². The number of benzene rings is 1. The molecule has 0 aromatic heterocycles. The molecule has 2 aliphatic rings. The molecule has 0 saturated heterocycles. The number of unbranched alkanes of at least 4 members (excludes halogenated alkanes) is 2. The van der Waals surface area contributed by atoms with E-state index in [0.29, 0.717) is 11.8 Å². The van der Waals surface area contributed by atoms with E-state index in [0.717, 1.165) is 29.2 Å². The number of Topliss-reactive ketones (excluding diaryl/α,β-unsaturated/α-hetero) is 1. The minimum absolute atomic E-state index is 0.193. The molecule has 2 aliphatic carbocycles. The van der Waals surface area contributed by atoms with Crippen LogP contribution in [-0.4, -0.2) is 5.78 Å². The van der Waals surface area contributed by atoms with E-state index in [1.54, 1.807) is 12.1 Å². The monoisotopic (exact) mass is 428 g/mol. The van der Waals surface area contributed by atoms with Gasteiger partial charge in [-0.05, 0) is 98.7 Å². The van der Waals surface area contributed by atoms with Crippen LogP contribution in [-0.2, 0) is 0 Å². The highest BCUT2D eigenvalue weighted by Gasteiger charge is 2.33. The van der Waals surface area contributed by atoms with Crippen molar-refractivity contribution in [1.82, 2.24) is 0 Å². The van der Waals surface area contributed by atoms with Gasteiger partial charge in [0.1, 0.15) is 5.82 Å². The molecular formula is C29H45FO. The predicted molar refractivity (Wildman–Crippen MR) is 129 cm³/mol. The lowest BCUT2D eigenvalue weighted by Gasteiger charge is -2.40. The first-order valence-electron chi connectivity index (χ1n) is 13.2. The summed E-state index contributed by atoms with van der Waals surface area (Å²) in [6.07, 6.45) is 16.7. The SMILES string of the molecule is CCCCCC1CCC(C(C)C2CCC(C(C)c3ccc(C(C)=O)c(F)c3)CC2)CC1. The minimum Gasteiger partial charge on any atom is -0.294 e. The fraction of sp³-hybridized carbons (Fsp3) is 0.759. The van der Waals surface area contributed by atoms with Gasteiger partial charge < -0.3 is 0 Å². The Balaban J connectivity index is 1.46. The number of rotatable bonds is 9. The maximum atomic E-state index is 14.3. The van der Waals surface area contributed by atoms with Crippen molar-refractivity contribution >= 4 is 5.78 Å². The molecule has 3 rings (SSSR count). The van der Waals surface area contributed by atoms with E-state index >= 15 is 0 Å². The summed E-state index contributed by atoms with van der Waals surface area (Å²) >= 11 is 0. The highest BCUT2D eigenvalue weighted by atomic mass is 19.1. The van der Waals surface area contributed by atoms with Gasteiger partial charge in [0, 0.05) is 0 Å². The van der Waals surface area contributed by atoms with Crippen molar-refractivity contribution in [3.63, 3.8) is 0 Å². The molecule has 0 spiro atoms. The second-order valence-corrected chi connectivity index (χ2v) is 10.9. The molecule has 0 radical (unpaired) electrons. The predicted octanol–water partition coefficient (Wildman–Crippen LogP) is 8.96. The molecule has 0 bridgehead atoms. The van der Waals surface area contributed by atoms with Crippen molar-refractivity contribution in [2.45, 2.75) is 111 Å². The van der Waals surface area contributed by atoms with Crippen LogP contribution in [0.3, 0.4) is 0 Å². The quantitative estimate of drug-likeness (QED) is 0.283. The highest BCUT2D eigenvalue weighted by molar-refractivity contribution is 5.94. The number of hydrogen-bond donors (Lipinski definition) is 0. The zero-order valence-corrected chi connectivity index (χ0v) is 20.5. The molecule has 0 aliphatic heterocycles. The Morgan fingerprint density at radius 3 is 2.06 bits per heavy atom. The van der Waals surface area contributed by atoms with Crippen molar-refractivity contribution in [1.29, 1.82) is 0 Å². The molecule has 0 heterocycles. The first-order valence-corrected chi connectivity index (χ1v) is 13.2. The van der Waals surface area contributed by atoms with Crippen molar-refractivity contribution in [3.8, 4) is 0 Å². The van der Waals surface area contributed by atoms with Crippen LogP contribution in [0.25, 0.3) is 0 Å². The average Bonchev–Trinajstić information content (AvgIpc) is 2.78. The van der Waals surface area contributed by atoms with Crippen LogP contribution in [0.2, 0.25) is 0 Å². The summed E-state index contributed by atoms with van der Waals surface area (Å²) in [5.74, 6) is 4.13. The van der Waals surface area contributed by atoms with E-state index in [9.17, 15) is 9.18 Å². The minimum atomic E-state index is -0.357. The first-order chi connectivity index (χ1) is 14.9. The zero-order valence-electron chi connectivity index (χ0n) is 20.5. The number of hydrogen-bond acceptors (Lipinski definition) is 1. The van der Waals surface area contributed by atoms with Crippen LogP contribution in [0.1, 0.15) is 127 Å². The van der Waals surface area contributed by atoms with Gasteiger partial charge in [0.05, 0.1) is 5.56 Å². The third kappa shape index (κ3) is 6.42. The first kappa shape index (κ1) is 24.5. The molecule has 0 N–H and O–H groups in total. The van der Waals surface area contributed by atoms with E-state index in [2.05, 4.69) is 20.8 Å². The Morgan fingerprint density at radius 1 is 0.935 bits per heavy atom. The fourth-order valence-corrected chi connectivity index (χ4v) is 6.61. The van der Waals surface area contributed by atoms with E-state index in [4.69, 9.17) is 0 Å². The molecule has 2 saturated carbocycles. The lowest BCUT2D eigenvalue weighted by Crippen LogP contribution is -2.29. The zero-order chi connectivity index (χ0) is 22.4. The molecule has 31 heavy (non-hydrogen) atoms.